The highest BCUT2D eigenvalue weighted by molar-refractivity contribution is 7.98. The molecule has 0 saturated heterocycles. The topological polar surface area (TPSA) is 61.4 Å². The van der Waals surface area contributed by atoms with E-state index >= 15 is 0 Å². The van der Waals surface area contributed by atoms with Crippen LogP contribution in [0.25, 0.3) is 0 Å². The van der Waals surface area contributed by atoms with Crippen molar-refractivity contribution in [1.29, 1.82) is 0 Å². The highest BCUT2D eigenvalue weighted by atomic mass is 32.2. The van der Waals surface area contributed by atoms with Crippen LogP contribution in [0.2, 0.25) is 0 Å². The summed E-state index contributed by atoms with van der Waals surface area (Å²) in [5.74, 6) is -1.28. The number of hydrogen-bond acceptors (Lipinski definition) is 5. The molecule has 0 saturated carbocycles. The van der Waals surface area contributed by atoms with Crippen molar-refractivity contribution in [3.8, 4) is 0 Å². The number of amides is 2. The van der Waals surface area contributed by atoms with E-state index in [1.165, 1.54) is 11.8 Å². The maximum atomic E-state index is 12.1. The number of rotatable bonds is 6. The van der Waals surface area contributed by atoms with Gasteiger partial charge >= 0.3 is 11.8 Å². The number of likely N-dealkylation sites (N-methyl/N-ethyl adjacent to an activating group) is 1. The number of thioether (sulfide) groups is 1. The monoisotopic (exact) mass is 363 g/mol. The van der Waals surface area contributed by atoms with E-state index in [1.54, 1.807) is 17.4 Å². The predicted octanol–water partition coefficient (Wildman–Crippen LogP) is 2.83. The summed E-state index contributed by atoms with van der Waals surface area (Å²) in [6.45, 7) is 0.375. The molecule has 24 heavy (non-hydrogen) atoms. The summed E-state index contributed by atoms with van der Waals surface area (Å²) in [6.07, 6.45) is 1.92. The molecule has 0 spiro atoms. The van der Waals surface area contributed by atoms with E-state index in [0.717, 1.165) is 10.5 Å². The van der Waals surface area contributed by atoms with Crippen LogP contribution in [-0.2, 0) is 9.59 Å². The molecular weight excluding hydrogens is 342 g/mol. The van der Waals surface area contributed by atoms with Crippen LogP contribution in [0.1, 0.15) is 11.6 Å². The smallest absolute Gasteiger partial charge is 0.313 e. The number of carbonyl (C=O) groups excluding carboxylic acids is 2. The average Bonchev–Trinajstić information content (AvgIpc) is 3.09. The second kappa shape index (κ2) is 8.86. The van der Waals surface area contributed by atoms with Gasteiger partial charge in [0.1, 0.15) is 0 Å². The zero-order valence-electron chi connectivity index (χ0n) is 13.9. The number of thiophene rings is 1. The number of para-hydroxylation sites is 1. The first-order valence-electron chi connectivity index (χ1n) is 7.43. The first-order valence-corrected chi connectivity index (χ1v) is 9.60. The van der Waals surface area contributed by atoms with Crippen molar-refractivity contribution in [3.05, 3.63) is 46.7 Å². The van der Waals surface area contributed by atoms with Crippen LogP contribution in [0.5, 0.6) is 0 Å². The first-order chi connectivity index (χ1) is 11.5. The molecule has 0 radical (unpaired) electrons. The molecule has 1 unspecified atom stereocenters. The molecule has 2 amide bonds. The van der Waals surface area contributed by atoms with Crippen LogP contribution in [0.15, 0.2) is 46.0 Å². The lowest BCUT2D eigenvalue weighted by molar-refractivity contribution is -0.136. The van der Waals surface area contributed by atoms with Crippen LogP contribution >= 0.6 is 23.1 Å². The van der Waals surface area contributed by atoms with Crippen molar-refractivity contribution in [2.24, 2.45) is 0 Å². The van der Waals surface area contributed by atoms with E-state index in [1.807, 2.05) is 60.3 Å². The zero-order valence-corrected chi connectivity index (χ0v) is 15.5. The molecule has 0 aliphatic heterocycles. The van der Waals surface area contributed by atoms with Gasteiger partial charge in [0.2, 0.25) is 0 Å². The summed E-state index contributed by atoms with van der Waals surface area (Å²) < 4.78 is 0. The molecule has 0 fully saturated rings. The molecule has 0 aliphatic rings. The number of nitrogens with zero attached hydrogens (tertiary/aromatic N) is 1. The minimum atomic E-state index is -0.653. The molecule has 0 aliphatic carbocycles. The second-order valence-electron chi connectivity index (χ2n) is 5.40. The molecule has 2 rings (SSSR count). The van der Waals surface area contributed by atoms with Crippen LogP contribution in [0.4, 0.5) is 5.69 Å². The fourth-order valence-corrected chi connectivity index (χ4v) is 3.52. The van der Waals surface area contributed by atoms with E-state index in [4.69, 9.17) is 0 Å². The van der Waals surface area contributed by atoms with Crippen LogP contribution in [-0.4, -0.2) is 43.6 Å². The zero-order chi connectivity index (χ0) is 17.5. The fourth-order valence-electron chi connectivity index (χ4n) is 2.26. The Morgan fingerprint density at radius 3 is 2.58 bits per heavy atom. The van der Waals surface area contributed by atoms with Gasteiger partial charge in [-0.2, -0.15) is 11.3 Å². The van der Waals surface area contributed by atoms with Crippen LogP contribution in [0.3, 0.4) is 0 Å². The minimum Gasteiger partial charge on any atom is -0.346 e. The number of anilines is 1. The average molecular weight is 364 g/mol. The van der Waals surface area contributed by atoms with E-state index < -0.39 is 11.8 Å². The van der Waals surface area contributed by atoms with Gasteiger partial charge in [0, 0.05) is 11.4 Å². The van der Waals surface area contributed by atoms with Crippen molar-refractivity contribution in [1.82, 2.24) is 10.2 Å². The third-order valence-electron chi connectivity index (χ3n) is 3.57. The van der Waals surface area contributed by atoms with Crippen molar-refractivity contribution in [2.75, 3.05) is 32.2 Å². The first kappa shape index (κ1) is 18.5. The minimum absolute atomic E-state index is 0.0338. The van der Waals surface area contributed by atoms with Gasteiger partial charge in [0.15, 0.2) is 0 Å². The summed E-state index contributed by atoms with van der Waals surface area (Å²) in [5, 5.41) is 9.43. The van der Waals surface area contributed by atoms with Gasteiger partial charge in [-0.25, -0.2) is 0 Å². The Balaban J connectivity index is 1.95. The summed E-state index contributed by atoms with van der Waals surface area (Å²) in [5.41, 5.74) is 1.77. The quantitative estimate of drug-likeness (QED) is 0.612. The third kappa shape index (κ3) is 4.83. The molecule has 128 valence electrons. The Morgan fingerprint density at radius 2 is 1.96 bits per heavy atom. The summed E-state index contributed by atoms with van der Waals surface area (Å²) in [6, 6.07) is 9.46. The molecule has 5 nitrogen and oxygen atoms in total. The Hall–Kier alpha value is -1.83. The molecule has 2 aromatic rings. The summed E-state index contributed by atoms with van der Waals surface area (Å²) >= 11 is 3.13. The molecule has 1 atom stereocenters. The fraction of sp³-hybridized carbons (Fsp3) is 0.294. The molecular formula is C17H21N3O2S2. The molecule has 1 heterocycles. The second-order valence-corrected chi connectivity index (χ2v) is 7.03. The summed E-state index contributed by atoms with van der Waals surface area (Å²) in [7, 11) is 3.90. The van der Waals surface area contributed by atoms with Crippen LogP contribution < -0.4 is 10.6 Å². The van der Waals surface area contributed by atoms with Crippen molar-refractivity contribution < 1.29 is 9.59 Å². The van der Waals surface area contributed by atoms with Crippen molar-refractivity contribution in [2.45, 2.75) is 10.9 Å². The van der Waals surface area contributed by atoms with E-state index in [9.17, 15) is 9.59 Å². The Kier molecular flexibility index (Phi) is 6.84. The van der Waals surface area contributed by atoms with E-state index in [-0.39, 0.29) is 6.04 Å². The highest BCUT2D eigenvalue weighted by Crippen LogP contribution is 2.24. The lowest BCUT2D eigenvalue weighted by Crippen LogP contribution is -2.40. The molecule has 1 aromatic carbocycles. The van der Waals surface area contributed by atoms with Gasteiger partial charge in [-0.3, -0.25) is 9.59 Å². The van der Waals surface area contributed by atoms with Crippen molar-refractivity contribution >= 4 is 40.6 Å². The van der Waals surface area contributed by atoms with Gasteiger partial charge < -0.3 is 15.5 Å². The lowest BCUT2D eigenvalue weighted by Gasteiger charge is -2.23. The molecule has 7 heteroatoms. The van der Waals surface area contributed by atoms with Gasteiger partial charge in [-0.15, -0.1) is 11.8 Å². The largest absolute Gasteiger partial charge is 0.346 e. The highest BCUT2D eigenvalue weighted by Gasteiger charge is 2.19. The number of nitrogens with one attached hydrogen (secondary N) is 2. The number of hydrogen-bond donors (Lipinski definition) is 2. The molecule has 2 N–H and O–H groups in total. The maximum Gasteiger partial charge on any atom is 0.313 e. The maximum absolute atomic E-state index is 12.1. The molecule has 0 bridgehead atoms. The number of benzene rings is 1. The van der Waals surface area contributed by atoms with Gasteiger partial charge in [0.05, 0.1) is 11.7 Å². The van der Waals surface area contributed by atoms with Gasteiger partial charge in [-0.1, -0.05) is 12.1 Å². The van der Waals surface area contributed by atoms with E-state index in [2.05, 4.69) is 10.6 Å². The van der Waals surface area contributed by atoms with E-state index in [0.29, 0.717) is 12.2 Å². The predicted molar refractivity (Wildman–Crippen MR) is 101 cm³/mol. The Bertz CT molecular complexity index is 687. The van der Waals surface area contributed by atoms with Crippen LogP contribution in [0, 0.1) is 0 Å². The lowest BCUT2D eigenvalue weighted by atomic mass is 10.1. The van der Waals surface area contributed by atoms with Crippen molar-refractivity contribution in [3.63, 3.8) is 0 Å². The Morgan fingerprint density at radius 1 is 1.21 bits per heavy atom. The van der Waals surface area contributed by atoms with Gasteiger partial charge in [-0.05, 0) is 54.9 Å². The SMILES string of the molecule is CSc1ccccc1NC(=O)C(=O)NCC(c1ccsc1)N(C)C. The third-order valence-corrected chi connectivity index (χ3v) is 5.07. The summed E-state index contributed by atoms with van der Waals surface area (Å²) in [4.78, 5) is 27.1. The normalized spacial score (nSPS) is 12.0. The Labute approximate surface area is 150 Å². The van der Waals surface area contributed by atoms with Gasteiger partial charge in [0.25, 0.3) is 0 Å². The number of carbonyl (C=O) groups is 2. The molecule has 1 aromatic heterocycles. The standard InChI is InChI=1S/C17H21N3O2S2/c1-20(2)14(12-8-9-24-11-12)10-18-16(21)17(22)19-13-6-4-5-7-15(13)23-3/h4-9,11,14H,10H2,1-3H3,(H,18,21)(H,19,22).